The Morgan fingerprint density at radius 3 is 2.19 bits per heavy atom. The fourth-order valence-corrected chi connectivity index (χ4v) is 3.73. The highest BCUT2D eigenvalue weighted by Gasteiger charge is 2.35. The molecule has 156 valence electrons. The number of amides is 3. The van der Waals surface area contributed by atoms with Gasteiger partial charge in [-0.2, -0.15) is 0 Å². The number of rotatable bonds is 4. The highest BCUT2D eigenvalue weighted by Crippen LogP contribution is 2.39. The Morgan fingerprint density at radius 2 is 1.45 bits per heavy atom. The number of likely N-dealkylation sites (N-methyl/N-ethyl adjacent to an activating group) is 1. The molecule has 0 bridgehead atoms. The molecule has 4 rings (SSSR count). The summed E-state index contributed by atoms with van der Waals surface area (Å²) in [6.07, 6.45) is 0. The minimum absolute atomic E-state index is 0.263. The van der Waals surface area contributed by atoms with Gasteiger partial charge in [0.15, 0.2) is 0 Å². The number of carbonyl (C=O) groups excluding carboxylic acids is 3. The molecule has 2 unspecified atom stereocenters. The maximum atomic E-state index is 13.3. The minimum Gasteiger partial charge on any atom is -0.340 e. The van der Waals surface area contributed by atoms with E-state index in [-0.39, 0.29) is 5.91 Å². The predicted octanol–water partition coefficient (Wildman–Crippen LogP) is 3.76. The average molecular weight is 413 g/mol. The van der Waals surface area contributed by atoms with Crippen molar-refractivity contribution >= 4 is 29.1 Å². The molecule has 2 atom stereocenters. The van der Waals surface area contributed by atoms with E-state index >= 15 is 0 Å². The molecule has 1 heterocycles. The highest BCUT2D eigenvalue weighted by molar-refractivity contribution is 6.09. The number of fused-ring (bicyclic) bond motifs is 3. The Bertz CT molecular complexity index is 1140. The maximum Gasteiger partial charge on any atom is 0.253 e. The smallest absolute Gasteiger partial charge is 0.253 e. The largest absolute Gasteiger partial charge is 0.340 e. The Balaban J connectivity index is 1.61. The zero-order valence-electron chi connectivity index (χ0n) is 17.3. The summed E-state index contributed by atoms with van der Waals surface area (Å²) in [4.78, 5) is 40.4. The molecule has 1 aliphatic heterocycles. The first kappa shape index (κ1) is 20.3. The molecule has 3 amide bonds. The predicted molar refractivity (Wildman–Crippen MR) is 120 cm³/mol. The third-order valence-corrected chi connectivity index (χ3v) is 5.52. The van der Waals surface area contributed by atoms with Gasteiger partial charge in [0.1, 0.15) is 12.0 Å². The van der Waals surface area contributed by atoms with Gasteiger partial charge in [0.2, 0.25) is 11.8 Å². The molecule has 0 saturated carbocycles. The summed E-state index contributed by atoms with van der Waals surface area (Å²) in [5.74, 6) is -2.19. The quantitative estimate of drug-likeness (QED) is 0.639. The number of anilines is 2. The van der Waals surface area contributed by atoms with Crippen LogP contribution >= 0.6 is 0 Å². The second-order valence-electron chi connectivity index (χ2n) is 7.52. The number of benzene rings is 3. The topological polar surface area (TPSA) is 78.5 Å². The van der Waals surface area contributed by atoms with E-state index in [4.69, 9.17) is 0 Å². The SMILES string of the molecule is CC(C(=O)Nc1ccccc1)C(=O)NC1C(=O)N(C)c2ccccc2-c2ccccc21. The summed E-state index contributed by atoms with van der Waals surface area (Å²) in [7, 11) is 1.69. The van der Waals surface area contributed by atoms with Crippen molar-refractivity contribution in [1.29, 1.82) is 0 Å². The molecule has 0 aliphatic carbocycles. The van der Waals surface area contributed by atoms with Crippen LogP contribution in [0.5, 0.6) is 0 Å². The van der Waals surface area contributed by atoms with Crippen LogP contribution in [0.1, 0.15) is 18.5 Å². The standard InChI is InChI=1S/C25H23N3O3/c1-16(23(29)26-17-10-4-3-5-11-17)24(30)27-22-20-14-7-6-12-18(20)19-13-8-9-15-21(19)28(2)25(22)31/h3-16,22H,1-2H3,(H,26,29)(H,27,30). The van der Waals surface area contributed by atoms with Crippen molar-refractivity contribution in [1.82, 2.24) is 5.32 Å². The Labute approximate surface area is 180 Å². The fraction of sp³-hybridized carbons (Fsp3) is 0.160. The van der Waals surface area contributed by atoms with Crippen molar-refractivity contribution < 1.29 is 14.4 Å². The van der Waals surface area contributed by atoms with Crippen LogP contribution in [-0.4, -0.2) is 24.8 Å². The Hall–Kier alpha value is -3.93. The lowest BCUT2D eigenvalue weighted by Gasteiger charge is -2.24. The van der Waals surface area contributed by atoms with Crippen LogP contribution in [0.15, 0.2) is 78.9 Å². The van der Waals surface area contributed by atoms with Gasteiger partial charge in [0, 0.05) is 18.3 Å². The van der Waals surface area contributed by atoms with Crippen molar-refractivity contribution in [3.63, 3.8) is 0 Å². The molecule has 0 spiro atoms. The van der Waals surface area contributed by atoms with E-state index in [1.807, 2.05) is 54.6 Å². The van der Waals surface area contributed by atoms with Gasteiger partial charge in [0.05, 0.1) is 5.69 Å². The zero-order valence-corrected chi connectivity index (χ0v) is 17.3. The summed E-state index contributed by atoms with van der Waals surface area (Å²) in [5.41, 5.74) is 3.88. The molecular formula is C25H23N3O3. The first-order valence-electron chi connectivity index (χ1n) is 10.1. The third-order valence-electron chi connectivity index (χ3n) is 5.52. The lowest BCUT2D eigenvalue weighted by molar-refractivity contribution is -0.134. The van der Waals surface area contributed by atoms with Gasteiger partial charge in [-0.05, 0) is 36.2 Å². The van der Waals surface area contributed by atoms with Crippen molar-refractivity contribution in [2.24, 2.45) is 5.92 Å². The van der Waals surface area contributed by atoms with Crippen LogP contribution in [0.4, 0.5) is 11.4 Å². The summed E-state index contributed by atoms with van der Waals surface area (Å²) < 4.78 is 0. The highest BCUT2D eigenvalue weighted by atomic mass is 16.2. The van der Waals surface area contributed by atoms with Gasteiger partial charge in [-0.1, -0.05) is 60.7 Å². The van der Waals surface area contributed by atoms with Crippen LogP contribution < -0.4 is 15.5 Å². The van der Waals surface area contributed by atoms with Gasteiger partial charge in [0.25, 0.3) is 5.91 Å². The molecule has 0 radical (unpaired) electrons. The summed E-state index contributed by atoms with van der Waals surface area (Å²) in [6.45, 7) is 1.53. The van der Waals surface area contributed by atoms with E-state index in [0.717, 1.165) is 16.8 Å². The summed E-state index contributed by atoms with van der Waals surface area (Å²) in [6, 6.07) is 23.2. The lowest BCUT2D eigenvalue weighted by Crippen LogP contribution is -2.44. The van der Waals surface area contributed by atoms with Crippen LogP contribution in [0.3, 0.4) is 0 Å². The van der Waals surface area contributed by atoms with Crippen LogP contribution in [-0.2, 0) is 14.4 Å². The van der Waals surface area contributed by atoms with Crippen LogP contribution in [0, 0.1) is 5.92 Å². The average Bonchev–Trinajstić information content (AvgIpc) is 2.89. The molecular weight excluding hydrogens is 390 g/mol. The van der Waals surface area contributed by atoms with E-state index in [2.05, 4.69) is 10.6 Å². The number of nitrogens with zero attached hydrogens (tertiary/aromatic N) is 1. The molecule has 2 N–H and O–H groups in total. The lowest BCUT2D eigenvalue weighted by atomic mass is 9.95. The zero-order chi connectivity index (χ0) is 22.0. The molecule has 0 saturated heterocycles. The van der Waals surface area contributed by atoms with Crippen molar-refractivity contribution in [2.75, 3.05) is 17.3 Å². The third kappa shape index (κ3) is 3.92. The van der Waals surface area contributed by atoms with E-state index in [1.165, 1.54) is 6.92 Å². The normalized spacial score (nSPS) is 15.9. The number of nitrogens with one attached hydrogen (secondary N) is 2. The van der Waals surface area contributed by atoms with E-state index in [1.54, 1.807) is 36.2 Å². The van der Waals surface area contributed by atoms with Crippen LogP contribution in [0.2, 0.25) is 0 Å². The molecule has 0 fully saturated rings. The van der Waals surface area contributed by atoms with Crippen molar-refractivity contribution in [3.8, 4) is 11.1 Å². The first-order chi connectivity index (χ1) is 15.0. The van der Waals surface area contributed by atoms with Gasteiger partial charge >= 0.3 is 0 Å². The van der Waals surface area contributed by atoms with E-state index in [9.17, 15) is 14.4 Å². The number of para-hydroxylation sites is 2. The van der Waals surface area contributed by atoms with Gasteiger partial charge in [-0.3, -0.25) is 14.4 Å². The molecule has 3 aromatic rings. The monoisotopic (exact) mass is 413 g/mol. The molecule has 0 aromatic heterocycles. The number of hydrogen-bond donors (Lipinski definition) is 2. The molecule has 6 heteroatoms. The molecule has 3 aromatic carbocycles. The Kier molecular flexibility index (Phi) is 5.54. The van der Waals surface area contributed by atoms with E-state index < -0.39 is 23.8 Å². The first-order valence-corrected chi connectivity index (χ1v) is 10.1. The Morgan fingerprint density at radius 1 is 0.839 bits per heavy atom. The molecule has 31 heavy (non-hydrogen) atoms. The minimum atomic E-state index is -0.976. The summed E-state index contributed by atoms with van der Waals surface area (Å²) in [5, 5.41) is 5.54. The van der Waals surface area contributed by atoms with Crippen molar-refractivity contribution in [3.05, 3.63) is 84.4 Å². The molecule has 6 nitrogen and oxygen atoms in total. The summed E-state index contributed by atoms with van der Waals surface area (Å²) >= 11 is 0. The van der Waals surface area contributed by atoms with Crippen molar-refractivity contribution in [2.45, 2.75) is 13.0 Å². The maximum absolute atomic E-state index is 13.3. The van der Waals surface area contributed by atoms with Gasteiger partial charge in [-0.15, -0.1) is 0 Å². The second kappa shape index (κ2) is 8.44. The number of hydrogen-bond acceptors (Lipinski definition) is 3. The second-order valence-corrected chi connectivity index (χ2v) is 7.52. The number of carbonyl (C=O) groups is 3. The van der Waals surface area contributed by atoms with Crippen LogP contribution in [0.25, 0.3) is 11.1 Å². The molecule has 1 aliphatic rings. The fourth-order valence-electron chi connectivity index (χ4n) is 3.73. The van der Waals surface area contributed by atoms with Gasteiger partial charge in [-0.25, -0.2) is 0 Å². The van der Waals surface area contributed by atoms with Gasteiger partial charge < -0.3 is 15.5 Å². The van der Waals surface area contributed by atoms with E-state index in [0.29, 0.717) is 11.3 Å².